The van der Waals surface area contributed by atoms with Gasteiger partial charge in [-0.05, 0) is 11.4 Å². The van der Waals surface area contributed by atoms with Crippen LogP contribution >= 0.6 is 11.3 Å². The second-order valence-electron chi connectivity index (χ2n) is 6.67. The molecule has 1 saturated heterocycles. The van der Waals surface area contributed by atoms with Gasteiger partial charge in [-0.15, -0.1) is 11.3 Å². The van der Waals surface area contributed by atoms with E-state index in [-0.39, 0.29) is 18.4 Å². The molecule has 22 heavy (non-hydrogen) atoms. The lowest BCUT2D eigenvalue weighted by Crippen LogP contribution is -2.51. The minimum Gasteiger partial charge on any atom is -0.347 e. The molecule has 2 heterocycles. The number of rotatable bonds is 4. The summed E-state index contributed by atoms with van der Waals surface area (Å²) >= 11 is 1.77. The van der Waals surface area contributed by atoms with Crippen molar-refractivity contribution in [2.45, 2.75) is 27.3 Å². The van der Waals surface area contributed by atoms with Gasteiger partial charge in [0.15, 0.2) is 0 Å². The highest BCUT2D eigenvalue weighted by Gasteiger charge is 2.24. The molecule has 0 spiro atoms. The van der Waals surface area contributed by atoms with Crippen LogP contribution in [0.15, 0.2) is 17.5 Å². The summed E-state index contributed by atoms with van der Waals surface area (Å²) in [4.78, 5) is 29.5. The van der Waals surface area contributed by atoms with E-state index < -0.39 is 5.41 Å². The van der Waals surface area contributed by atoms with Crippen molar-refractivity contribution in [1.29, 1.82) is 0 Å². The largest absolute Gasteiger partial charge is 0.347 e. The summed E-state index contributed by atoms with van der Waals surface area (Å²) in [5.41, 5.74) is -0.459. The zero-order chi connectivity index (χ0) is 16.2. The summed E-state index contributed by atoms with van der Waals surface area (Å²) in [6.07, 6.45) is 0. The van der Waals surface area contributed by atoms with Gasteiger partial charge in [0, 0.05) is 43.0 Å². The number of amides is 2. The number of hydrogen-bond donors (Lipinski definition) is 1. The zero-order valence-electron chi connectivity index (χ0n) is 13.6. The molecule has 0 bridgehead atoms. The van der Waals surface area contributed by atoms with Gasteiger partial charge in [0.2, 0.25) is 11.8 Å². The van der Waals surface area contributed by atoms with Crippen LogP contribution in [0.25, 0.3) is 0 Å². The van der Waals surface area contributed by atoms with Crippen LogP contribution in [0.4, 0.5) is 0 Å². The first kappa shape index (κ1) is 17.0. The fourth-order valence-electron chi connectivity index (χ4n) is 2.31. The lowest BCUT2D eigenvalue weighted by molar-refractivity contribution is -0.136. The Morgan fingerprint density at radius 2 is 1.91 bits per heavy atom. The van der Waals surface area contributed by atoms with Crippen LogP contribution in [-0.4, -0.2) is 54.3 Å². The summed E-state index contributed by atoms with van der Waals surface area (Å²) in [6, 6.07) is 4.21. The van der Waals surface area contributed by atoms with Crippen LogP contribution in [-0.2, 0) is 16.1 Å². The van der Waals surface area contributed by atoms with E-state index in [2.05, 4.69) is 27.7 Å². The number of nitrogens with zero attached hydrogens (tertiary/aromatic N) is 2. The summed E-state index contributed by atoms with van der Waals surface area (Å²) in [6.45, 7) is 9.82. The summed E-state index contributed by atoms with van der Waals surface area (Å²) in [5, 5.41) is 4.82. The Kier molecular flexibility index (Phi) is 5.58. The molecule has 0 aromatic carbocycles. The summed E-state index contributed by atoms with van der Waals surface area (Å²) in [7, 11) is 0. The molecule has 1 fully saturated rings. The average molecular weight is 323 g/mol. The monoisotopic (exact) mass is 323 g/mol. The van der Waals surface area contributed by atoms with E-state index in [9.17, 15) is 9.59 Å². The highest BCUT2D eigenvalue weighted by Crippen LogP contribution is 2.14. The maximum atomic E-state index is 12.1. The van der Waals surface area contributed by atoms with Crippen molar-refractivity contribution in [2.24, 2.45) is 5.41 Å². The highest BCUT2D eigenvalue weighted by molar-refractivity contribution is 7.09. The third kappa shape index (κ3) is 4.81. The molecular formula is C16H25N3O2S. The predicted molar refractivity (Wildman–Crippen MR) is 88.6 cm³/mol. The van der Waals surface area contributed by atoms with Gasteiger partial charge in [-0.2, -0.15) is 0 Å². The number of piperazine rings is 1. The molecule has 5 nitrogen and oxygen atoms in total. The van der Waals surface area contributed by atoms with E-state index in [4.69, 9.17) is 0 Å². The summed E-state index contributed by atoms with van der Waals surface area (Å²) in [5.74, 6) is -0.0782. The lowest BCUT2D eigenvalue weighted by Gasteiger charge is -2.34. The molecule has 1 aliphatic rings. The summed E-state index contributed by atoms with van der Waals surface area (Å²) < 4.78 is 0. The standard InChI is InChI=1S/C16H25N3O2S/c1-16(2,3)15(21)17-11-14(20)19-8-6-18(7-9-19)12-13-5-4-10-22-13/h4-5,10H,6-9,11-12H2,1-3H3,(H,17,21). The van der Waals surface area contributed by atoms with E-state index in [1.807, 2.05) is 25.7 Å². The molecule has 122 valence electrons. The van der Waals surface area contributed by atoms with E-state index >= 15 is 0 Å². The number of hydrogen-bond acceptors (Lipinski definition) is 4. The number of nitrogens with one attached hydrogen (secondary N) is 1. The highest BCUT2D eigenvalue weighted by atomic mass is 32.1. The van der Waals surface area contributed by atoms with Crippen molar-refractivity contribution in [3.63, 3.8) is 0 Å². The molecule has 1 aliphatic heterocycles. The van der Waals surface area contributed by atoms with Crippen LogP contribution in [0.2, 0.25) is 0 Å². The van der Waals surface area contributed by atoms with E-state index in [1.54, 1.807) is 11.3 Å². The topological polar surface area (TPSA) is 52.7 Å². The molecule has 0 unspecified atom stereocenters. The van der Waals surface area contributed by atoms with Gasteiger partial charge in [0.25, 0.3) is 0 Å². The van der Waals surface area contributed by atoms with Gasteiger partial charge in [0.05, 0.1) is 6.54 Å². The van der Waals surface area contributed by atoms with Crippen LogP contribution in [0, 0.1) is 5.41 Å². The third-order valence-electron chi connectivity index (χ3n) is 3.77. The molecule has 0 aliphatic carbocycles. The number of carbonyl (C=O) groups is 2. The Morgan fingerprint density at radius 1 is 1.23 bits per heavy atom. The van der Waals surface area contributed by atoms with Crippen molar-refractivity contribution in [3.05, 3.63) is 22.4 Å². The first-order valence-corrected chi connectivity index (χ1v) is 8.55. The molecule has 0 atom stereocenters. The van der Waals surface area contributed by atoms with Crippen molar-refractivity contribution in [2.75, 3.05) is 32.7 Å². The molecule has 1 N–H and O–H groups in total. The van der Waals surface area contributed by atoms with Crippen molar-refractivity contribution in [1.82, 2.24) is 15.1 Å². The van der Waals surface area contributed by atoms with Gasteiger partial charge in [0.1, 0.15) is 0 Å². The Bertz CT molecular complexity index is 500. The SMILES string of the molecule is CC(C)(C)C(=O)NCC(=O)N1CCN(Cc2cccs2)CC1. The third-order valence-corrected chi connectivity index (χ3v) is 4.63. The zero-order valence-corrected chi connectivity index (χ0v) is 14.4. The quantitative estimate of drug-likeness (QED) is 0.915. The maximum Gasteiger partial charge on any atom is 0.242 e. The molecule has 0 radical (unpaired) electrons. The molecule has 2 amide bonds. The van der Waals surface area contributed by atoms with Gasteiger partial charge < -0.3 is 10.2 Å². The molecule has 2 rings (SSSR count). The Balaban J connectivity index is 1.72. The molecule has 6 heteroatoms. The fourth-order valence-corrected chi connectivity index (χ4v) is 3.06. The van der Waals surface area contributed by atoms with Crippen LogP contribution in [0.1, 0.15) is 25.6 Å². The molecule has 1 aromatic heterocycles. The fraction of sp³-hybridized carbons (Fsp3) is 0.625. The van der Waals surface area contributed by atoms with Crippen LogP contribution in [0.3, 0.4) is 0 Å². The first-order chi connectivity index (χ1) is 10.4. The van der Waals surface area contributed by atoms with E-state index in [0.717, 1.165) is 32.7 Å². The minimum absolute atomic E-state index is 0.00775. The predicted octanol–water partition coefficient (Wildman–Crippen LogP) is 1.55. The van der Waals surface area contributed by atoms with E-state index in [1.165, 1.54) is 4.88 Å². The second kappa shape index (κ2) is 7.24. The van der Waals surface area contributed by atoms with Crippen molar-refractivity contribution < 1.29 is 9.59 Å². The Labute approximate surface area is 136 Å². The minimum atomic E-state index is -0.459. The Hall–Kier alpha value is -1.40. The van der Waals surface area contributed by atoms with Crippen LogP contribution in [0.5, 0.6) is 0 Å². The molecular weight excluding hydrogens is 298 g/mol. The smallest absolute Gasteiger partial charge is 0.242 e. The number of carbonyl (C=O) groups excluding carboxylic acids is 2. The van der Waals surface area contributed by atoms with Crippen molar-refractivity contribution in [3.8, 4) is 0 Å². The number of thiophene rings is 1. The molecule has 1 aromatic rings. The van der Waals surface area contributed by atoms with Crippen LogP contribution < -0.4 is 5.32 Å². The van der Waals surface area contributed by atoms with Crippen molar-refractivity contribution >= 4 is 23.2 Å². The van der Waals surface area contributed by atoms with Gasteiger partial charge in [-0.25, -0.2) is 0 Å². The van der Waals surface area contributed by atoms with Gasteiger partial charge in [-0.3, -0.25) is 14.5 Å². The first-order valence-electron chi connectivity index (χ1n) is 7.67. The van der Waals surface area contributed by atoms with Gasteiger partial charge >= 0.3 is 0 Å². The average Bonchev–Trinajstić information content (AvgIpc) is 2.97. The van der Waals surface area contributed by atoms with E-state index in [0.29, 0.717) is 0 Å². The second-order valence-corrected chi connectivity index (χ2v) is 7.70. The normalized spacial score (nSPS) is 16.6. The lowest BCUT2D eigenvalue weighted by atomic mass is 9.96. The maximum absolute atomic E-state index is 12.1. The van der Waals surface area contributed by atoms with Gasteiger partial charge in [-0.1, -0.05) is 26.8 Å². The molecule has 0 saturated carbocycles. The Morgan fingerprint density at radius 3 is 2.45 bits per heavy atom.